The van der Waals surface area contributed by atoms with Gasteiger partial charge in [-0.05, 0) is 38.0 Å². The fourth-order valence-electron chi connectivity index (χ4n) is 2.67. The monoisotopic (exact) mass is 263 g/mol. The number of fused-ring (bicyclic) bond motifs is 1. The Morgan fingerprint density at radius 2 is 2.26 bits per heavy atom. The van der Waals surface area contributed by atoms with Gasteiger partial charge in [-0.2, -0.15) is 0 Å². The number of aryl methyl sites for hydroxylation is 1. The Kier molecular flexibility index (Phi) is 4.08. The highest BCUT2D eigenvalue weighted by molar-refractivity contribution is 5.89. The predicted octanol–water partition coefficient (Wildman–Crippen LogP) is 2.31. The van der Waals surface area contributed by atoms with Gasteiger partial charge in [-0.3, -0.25) is 4.79 Å². The van der Waals surface area contributed by atoms with Crippen LogP contribution >= 0.6 is 0 Å². The van der Waals surface area contributed by atoms with E-state index in [-0.39, 0.29) is 17.6 Å². The molecular weight excluding hydrogens is 242 g/mol. The second-order valence-electron chi connectivity index (χ2n) is 5.46. The Balaban J connectivity index is 2.36. The van der Waals surface area contributed by atoms with Crippen molar-refractivity contribution in [3.63, 3.8) is 0 Å². The molecule has 1 atom stereocenters. The van der Waals surface area contributed by atoms with Gasteiger partial charge in [0.2, 0.25) is 0 Å². The molecule has 19 heavy (non-hydrogen) atoms. The van der Waals surface area contributed by atoms with Crippen LogP contribution in [-0.4, -0.2) is 17.6 Å². The van der Waals surface area contributed by atoms with Crippen molar-refractivity contribution in [1.29, 1.82) is 0 Å². The lowest BCUT2D eigenvalue weighted by atomic mass is 9.79. The lowest BCUT2D eigenvalue weighted by Crippen LogP contribution is -2.29. The van der Waals surface area contributed by atoms with Crippen LogP contribution in [0.3, 0.4) is 0 Å². The topological polar surface area (TPSA) is 59.2 Å². The molecule has 4 heteroatoms. The highest BCUT2D eigenvalue weighted by Crippen LogP contribution is 2.27. The molecule has 1 unspecified atom stereocenters. The normalized spacial score (nSPS) is 18.2. The van der Waals surface area contributed by atoms with E-state index in [1.165, 1.54) is 6.20 Å². The average Bonchev–Trinajstić information content (AvgIpc) is 2.39. The highest BCUT2D eigenvalue weighted by atomic mass is 16.5. The SMILES string of the molecule is CCOC(=O)c1c[nH]c2c(c1=O)CC(C(C)C)CC2. The fraction of sp³-hybridized carbons (Fsp3) is 0.600. The summed E-state index contributed by atoms with van der Waals surface area (Å²) in [4.78, 5) is 27.2. The minimum absolute atomic E-state index is 0.130. The van der Waals surface area contributed by atoms with Gasteiger partial charge in [0.25, 0.3) is 0 Å². The highest BCUT2D eigenvalue weighted by Gasteiger charge is 2.26. The zero-order valence-electron chi connectivity index (χ0n) is 11.8. The molecule has 104 valence electrons. The zero-order chi connectivity index (χ0) is 14.0. The van der Waals surface area contributed by atoms with Crippen molar-refractivity contribution < 1.29 is 9.53 Å². The molecule has 0 fully saturated rings. The first-order chi connectivity index (χ1) is 9.04. The minimum atomic E-state index is -0.529. The van der Waals surface area contributed by atoms with Gasteiger partial charge < -0.3 is 9.72 Å². The van der Waals surface area contributed by atoms with Gasteiger partial charge in [0.15, 0.2) is 5.43 Å². The number of pyridine rings is 1. The van der Waals surface area contributed by atoms with Crippen LogP contribution in [-0.2, 0) is 17.6 Å². The van der Waals surface area contributed by atoms with E-state index >= 15 is 0 Å². The van der Waals surface area contributed by atoms with Crippen molar-refractivity contribution in [2.75, 3.05) is 6.61 Å². The van der Waals surface area contributed by atoms with E-state index in [1.807, 2.05) is 0 Å². The number of esters is 1. The molecule has 1 aromatic heterocycles. The van der Waals surface area contributed by atoms with Crippen molar-refractivity contribution in [3.8, 4) is 0 Å². The summed E-state index contributed by atoms with van der Waals surface area (Å²) in [5, 5.41) is 0. The predicted molar refractivity (Wildman–Crippen MR) is 73.4 cm³/mol. The van der Waals surface area contributed by atoms with Crippen molar-refractivity contribution >= 4 is 5.97 Å². The van der Waals surface area contributed by atoms with Crippen LogP contribution in [0, 0.1) is 11.8 Å². The van der Waals surface area contributed by atoms with Gasteiger partial charge in [-0.15, -0.1) is 0 Å². The Morgan fingerprint density at radius 1 is 1.53 bits per heavy atom. The third-order valence-corrected chi connectivity index (χ3v) is 3.94. The van der Waals surface area contributed by atoms with E-state index < -0.39 is 5.97 Å². The number of carbonyl (C=O) groups excluding carboxylic acids is 1. The standard InChI is InChI=1S/C15H21NO3/c1-4-19-15(18)12-8-16-13-6-5-10(9(2)3)7-11(13)14(12)17/h8-10H,4-7H2,1-3H3,(H,16,17). The van der Waals surface area contributed by atoms with Crippen LogP contribution in [0.5, 0.6) is 0 Å². The Morgan fingerprint density at radius 3 is 2.89 bits per heavy atom. The first-order valence-electron chi connectivity index (χ1n) is 6.95. The van der Waals surface area contributed by atoms with Crippen LogP contribution in [0.4, 0.5) is 0 Å². The molecule has 0 bridgehead atoms. The lowest BCUT2D eigenvalue weighted by molar-refractivity contribution is 0.0524. The third-order valence-electron chi connectivity index (χ3n) is 3.94. The van der Waals surface area contributed by atoms with Crippen LogP contribution in [0.1, 0.15) is 48.8 Å². The number of hydrogen-bond donors (Lipinski definition) is 1. The Hall–Kier alpha value is -1.58. The van der Waals surface area contributed by atoms with Crippen LogP contribution < -0.4 is 5.43 Å². The lowest BCUT2D eigenvalue weighted by Gasteiger charge is -2.26. The molecule has 0 aromatic carbocycles. The summed E-state index contributed by atoms with van der Waals surface area (Å²) in [7, 11) is 0. The van der Waals surface area contributed by atoms with E-state index in [0.717, 1.165) is 30.5 Å². The van der Waals surface area contributed by atoms with Crippen molar-refractivity contribution in [2.24, 2.45) is 11.8 Å². The molecule has 1 heterocycles. The van der Waals surface area contributed by atoms with E-state index in [4.69, 9.17) is 4.74 Å². The molecule has 1 aromatic rings. The maximum absolute atomic E-state index is 12.4. The number of nitrogens with one attached hydrogen (secondary N) is 1. The first-order valence-corrected chi connectivity index (χ1v) is 6.95. The molecule has 2 rings (SSSR count). The van der Waals surface area contributed by atoms with Crippen LogP contribution in [0.2, 0.25) is 0 Å². The second-order valence-corrected chi connectivity index (χ2v) is 5.46. The maximum atomic E-state index is 12.4. The largest absolute Gasteiger partial charge is 0.462 e. The number of aromatic nitrogens is 1. The third kappa shape index (κ3) is 2.72. The van der Waals surface area contributed by atoms with Crippen molar-refractivity contribution in [2.45, 2.75) is 40.0 Å². The molecule has 1 N–H and O–H groups in total. The van der Waals surface area contributed by atoms with Gasteiger partial charge in [-0.25, -0.2) is 4.79 Å². The summed E-state index contributed by atoms with van der Waals surface area (Å²) < 4.78 is 4.92. The minimum Gasteiger partial charge on any atom is -0.462 e. The molecule has 1 aliphatic rings. The number of ether oxygens (including phenoxy) is 1. The smallest absolute Gasteiger partial charge is 0.343 e. The molecule has 1 aliphatic carbocycles. The summed E-state index contributed by atoms with van der Waals surface area (Å²) >= 11 is 0. The van der Waals surface area contributed by atoms with E-state index in [1.54, 1.807) is 6.92 Å². The number of aromatic amines is 1. The summed E-state index contributed by atoms with van der Waals surface area (Å²) in [6.45, 7) is 6.38. The molecule has 4 nitrogen and oxygen atoms in total. The number of carbonyl (C=O) groups is 1. The molecular formula is C15H21NO3. The second kappa shape index (κ2) is 5.59. The molecule has 0 amide bonds. The number of rotatable bonds is 3. The van der Waals surface area contributed by atoms with Gasteiger partial charge in [0.05, 0.1) is 6.61 Å². The van der Waals surface area contributed by atoms with E-state index in [9.17, 15) is 9.59 Å². The molecule has 0 saturated heterocycles. The van der Waals surface area contributed by atoms with Gasteiger partial charge in [0, 0.05) is 17.5 Å². The summed E-state index contributed by atoms with van der Waals surface area (Å²) in [6.07, 6.45) is 4.24. The molecule has 0 aliphatic heterocycles. The van der Waals surface area contributed by atoms with E-state index in [0.29, 0.717) is 11.8 Å². The number of H-pyrrole nitrogens is 1. The summed E-state index contributed by atoms with van der Waals surface area (Å²) in [6, 6.07) is 0. The summed E-state index contributed by atoms with van der Waals surface area (Å²) in [5.41, 5.74) is 1.73. The van der Waals surface area contributed by atoms with Gasteiger partial charge in [-0.1, -0.05) is 13.8 Å². The molecule has 0 spiro atoms. The number of hydrogen-bond acceptors (Lipinski definition) is 3. The van der Waals surface area contributed by atoms with Crippen molar-refractivity contribution in [1.82, 2.24) is 4.98 Å². The first kappa shape index (κ1) is 13.8. The quantitative estimate of drug-likeness (QED) is 0.851. The zero-order valence-corrected chi connectivity index (χ0v) is 11.8. The fourth-order valence-corrected chi connectivity index (χ4v) is 2.67. The van der Waals surface area contributed by atoms with E-state index in [2.05, 4.69) is 18.8 Å². The maximum Gasteiger partial charge on any atom is 0.343 e. The van der Waals surface area contributed by atoms with Gasteiger partial charge in [0.1, 0.15) is 5.56 Å². The Labute approximate surface area is 113 Å². The molecule has 0 radical (unpaired) electrons. The Bertz CT molecular complexity index is 531. The molecule has 0 saturated carbocycles. The van der Waals surface area contributed by atoms with Crippen molar-refractivity contribution in [3.05, 3.63) is 33.2 Å². The van der Waals surface area contributed by atoms with Crippen LogP contribution in [0.15, 0.2) is 11.0 Å². The van der Waals surface area contributed by atoms with Gasteiger partial charge >= 0.3 is 5.97 Å². The summed E-state index contributed by atoms with van der Waals surface area (Å²) in [5.74, 6) is 0.545. The van der Waals surface area contributed by atoms with Crippen LogP contribution in [0.25, 0.3) is 0 Å². The average molecular weight is 263 g/mol.